The molecule has 0 bridgehead atoms. The predicted molar refractivity (Wildman–Crippen MR) is 116 cm³/mol. The highest BCUT2D eigenvalue weighted by atomic mass is 32.2. The molecule has 166 valence electrons. The van der Waals surface area contributed by atoms with Gasteiger partial charge in [-0.15, -0.1) is 0 Å². The smallest absolute Gasteiger partial charge is 0.356 e. The van der Waals surface area contributed by atoms with Gasteiger partial charge in [-0.25, -0.2) is 4.79 Å². The maximum absolute atomic E-state index is 13.3. The quantitative estimate of drug-likeness (QED) is 0.497. The molecule has 4 rings (SSSR count). The third kappa shape index (κ3) is 3.96. The fraction of sp³-hybridized carbons (Fsp3) is 0.261. The monoisotopic (exact) mass is 454 g/mol. The first kappa shape index (κ1) is 21.9. The molecule has 2 unspecified atom stereocenters. The van der Waals surface area contributed by atoms with E-state index in [1.54, 1.807) is 0 Å². The van der Waals surface area contributed by atoms with Crippen molar-refractivity contribution in [2.24, 2.45) is 0 Å². The lowest BCUT2D eigenvalue weighted by molar-refractivity contribution is -0.154. The SMILES string of the molecule is CC(=O)NC1C(=O)N2C(C(=O)OC(c3ccccc3)c3ccccc3)=C(CO)CS(=O)[C@H]12. The lowest BCUT2D eigenvalue weighted by Gasteiger charge is -2.49. The predicted octanol–water partition coefficient (Wildman–Crippen LogP) is 1.00. The van der Waals surface area contributed by atoms with Crippen LogP contribution in [0.3, 0.4) is 0 Å². The van der Waals surface area contributed by atoms with Gasteiger partial charge in [-0.2, -0.15) is 0 Å². The summed E-state index contributed by atoms with van der Waals surface area (Å²) in [6.45, 7) is 0.717. The second-order valence-electron chi connectivity index (χ2n) is 7.52. The molecule has 0 aliphatic carbocycles. The van der Waals surface area contributed by atoms with Gasteiger partial charge in [0.15, 0.2) is 6.10 Å². The summed E-state index contributed by atoms with van der Waals surface area (Å²) < 4.78 is 18.5. The zero-order valence-corrected chi connectivity index (χ0v) is 18.1. The molecule has 2 aliphatic rings. The number of aliphatic hydroxyl groups excluding tert-OH is 1. The van der Waals surface area contributed by atoms with Gasteiger partial charge in [0, 0.05) is 6.92 Å². The molecule has 3 atom stereocenters. The zero-order valence-electron chi connectivity index (χ0n) is 17.3. The Balaban J connectivity index is 1.68. The first-order chi connectivity index (χ1) is 15.4. The van der Waals surface area contributed by atoms with Gasteiger partial charge in [0.2, 0.25) is 5.91 Å². The maximum Gasteiger partial charge on any atom is 0.356 e. The second kappa shape index (κ2) is 9.05. The van der Waals surface area contributed by atoms with Crippen LogP contribution in [-0.4, -0.2) is 55.8 Å². The van der Waals surface area contributed by atoms with E-state index in [1.807, 2.05) is 60.7 Å². The number of β-lactam (4-membered cyclic amide) rings is 1. The zero-order chi connectivity index (χ0) is 22.8. The number of esters is 1. The number of hydrogen-bond acceptors (Lipinski definition) is 6. The highest BCUT2D eigenvalue weighted by molar-refractivity contribution is 7.86. The lowest BCUT2D eigenvalue weighted by atomic mass is 10.0. The minimum absolute atomic E-state index is 0.0905. The van der Waals surface area contributed by atoms with Crippen molar-refractivity contribution in [1.29, 1.82) is 0 Å². The minimum atomic E-state index is -1.58. The largest absolute Gasteiger partial charge is 0.448 e. The van der Waals surface area contributed by atoms with E-state index in [2.05, 4.69) is 5.32 Å². The molecule has 8 nitrogen and oxygen atoms in total. The fourth-order valence-corrected chi connectivity index (χ4v) is 5.60. The Bertz CT molecular complexity index is 1060. The first-order valence-corrected chi connectivity index (χ1v) is 11.4. The van der Waals surface area contributed by atoms with Crippen LogP contribution in [0.5, 0.6) is 0 Å². The number of carbonyl (C=O) groups excluding carboxylic acids is 3. The van der Waals surface area contributed by atoms with Crippen molar-refractivity contribution >= 4 is 28.6 Å². The second-order valence-corrected chi connectivity index (χ2v) is 9.05. The number of hydrogen-bond donors (Lipinski definition) is 2. The van der Waals surface area contributed by atoms with Crippen LogP contribution in [0.2, 0.25) is 0 Å². The minimum Gasteiger partial charge on any atom is -0.448 e. The third-order valence-electron chi connectivity index (χ3n) is 5.38. The molecule has 2 N–H and O–H groups in total. The normalized spacial score (nSPS) is 22.3. The van der Waals surface area contributed by atoms with Gasteiger partial charge >= 0.3 is 5.97 Å². The summed E-state index contributed by atoms with van der Waals surface area (Å²) in [7, 11) is -1.58. The first-order valence-electron chi connectivity index (χ1n) is 10.0. The van der Waals surface area contributed by atoms with Gasteiger partial charge in [-0.1, -0.05) is 60.7 Å². The van der Waals surface area contributed by atoms with Gasteiger partial charge in [0.05, 0.1) is 23.2 Å². The molecular formula is C23H22N2O6S. The topological polar surface area (TPSA) is 113 Å². The Morgan fingerprint density at radius 1 is 1.12 bits per heavy atom. The summed E-state index contributed by atoms with van der Waals surface area (Å²) in [5.74, 6) is -1.89. The number of aliphatic hydroxyl groups is 1. The molecule has 0 spiro atoms. The van der Waals surface area contributed by atoms with Crippen molar-refractivity contribution in [2.75, 3.05) is 12.4 Å². The van der Waals surface area contributed by atoms with E-state index in [0.29, 0.717) is 0 Å². The lowest BCUT2D eigenvalue weighted by Crippen LogP contribution is -2.73. The van der Waals surface area contributed by atoms with E-state index in [-0.39, 0.29) is 17.0 Å². The van der Waals surface area contributed by atoms with Crippen LogP contribution in [-0.2, 0) is 29.9 Å². The highest BCUT2D eigenvalue weighted by Crippen LogP contribution is 2.37. The average molecular weight is 455 g/mol. The summed E-state index contributed by atoms with van der Waals surface area (Å²) in [4.78, 5) is 38.6. The Morgan fingerprint density at radius 2 is 1.69 bits per heavy atom. The van der Waals surface area contributed by atoms with Crippen LogP contribution >= 0.6 is 0 Å². The number of nitrogens with one attached hydrogen (secondary N) is 1. The summed E-state index contributed by atoms with van der Waals surface area (Å²) in [6, 6.07) is 17.3. The number of fused-ring (bicyclic) bond motifs is 1. The molecule has 9 heteroatoms. The molecule has 2 amide bonds. The molecule has 0 saturated carbocycles. The summed E-state index contributed by atoms with van der Waals surface area (Å²) >= 11 is 0. The fourth-order valence-electron chi connectivity index (χ4n) is 3.93. The van der Waals surface area contributed by atoms with Gasteiger partial charge in [-0.05, 0) is 16.7 Å². The molecule has 2 aliphatic heterocycles. The molecule has 0 radical (unpaired) electrons. The summed E-state index contributed by atoms with van der Waals surface area (Å²) in [6.07, 6.45) is -0.745. The number of benzene rings is 2. The Kier molecular flexibility index (Phi) is 6.20. The van der Waals surface area contributed by atoms with Gasteiger partial charge < -0.3 is 15.2 Å². The molecule has 0 aromatic heterocycles. The standard InChI is InChI=1S/C23H22N2O6S/c1-14(27)24-18-21(28)25-19(17(12-26)13-32(30)22(18)25)23(29)31-20(15-8-4-2-5-9-15)16-10-6-3-7-11-16/h2-11,18,20,22,26H,12-13H2,1H3,(H,24,27)/t18?,22-,32?/m1/s1. The summed E-state index contributed by atoms with van der Waals surface area (Å²) in [5, 5.41) is 11.4. The van der Waals surface area contributed by atoms with Crippen molar-refractivity contribution in [3.8, 4) is 0 Å². The Labute approximate surface area is 187 Å². The Morgan fingerprint density at radius 3 is 2.19 bits per heavy atom. The van der Waals surface area contributed by atoms with E-state index < -0.39 is 52.7 Å². The molecule has 2 heterocycles. The number of nitrogens with zero attached hydrogens (tertiary/aromatic N) is 1. The number of ether oxygens (including phenoxy) is 1. The van der Waals surface area contributed by atoms with Crippen molar-refractivity contribution in [2.45, 2.75) is 24.4 Å². The average Bonchev–Trinajstić information content (AvgIpc) is 2.81. The van der Waals surface area contributed by atoms with Crippen molar-refractivity contribution in [3.05, 3.63) is 83.1 Å². The van der Waals surface area contributed by atoms with E-state index in [4.69, 9.17) is 4.74 Å². The van der Waals surface area contributed by atoms with E-state index in [9.17, 15) is 23.7 Å². The molecule has 1 fully saturated rings. The van der Waals surface area contributed by atoms with Crippen LogP contribution in [0, 0.1) is 0 Å². The number of carbonyl (C=O) groups is 3. The highest BCUT2D eigenvalue weighted by Gasteiger charge is 2.57. The summed E-state index contributed by atoms with van der Waals surface area (Å²) in [5.41, 5.74) is 1.53. The van der Waals surface area contributed by atoms with Crippen LogP contribution in [0.25, 0.3) is 0 Å². The molecule has 2 aromatic carbocycles. The van der Waals surface area contributed by atoms with Gasteiger partial charge in [-0.3, -0.25) is 18.7 Å². The maximum atomic E-state index is 13.3. The number of amides is 2. The van der Waals surface area contributed by atoms with Crippen LogP contribution < -0.4 is 5.32 Å². The third-order valence-corrected chi connectivity index (χ3v) is 7.03. The van der Waals surface area contributed by atoms with Crippen LogP contribution in [0.4, 0.5) is 0 Å². The van der Waals surface area contributed by atoms with E-state index in [0.717, 1.165) is 16.0 Å². The van der Waals surface area contributed by atoms with E-state index in [1.165, 1.54) is 6.92 Å². The molecule has 2 aromatic rings. The molecular weight excluding hydrogens is 432 g/mol. The van der Waals surface area contributed by atoms with Crippen LogP contribution in [0.1, 0.15) is 24.2 Å². The Hall–Kier alpha value is -3.30. The van der Waals surface area contributed by atoms with Crippen molar-refractivity contribution in [1.82, 2.24) is 10.2 Å². The van der Waals surface area contributed by atoms with E-state index >= 15 is 0 Å². The van der Waals surface area contributed by atoms with Crippen molar-refractivity contribution in [3.63, 3.8) is 0 Å². The van der Waals surface area contributed by atoms with Gasteiger partial charge in [0.1, 0.15) is 17.1 Å². The number of rotatable bonds is 6. The molecule has 32 heavy (non-hydrogen) atoms. The molecule has 1 saturated heterocycles. The van der Waals surface area contributed by atoms with Crippen molar-refractivity contribution < 1.29 is 28.4 Å². The van der Waals surface area contributed by atoms with Gasteiger partial charge in [0.25, 0.3) is 5.91 Å². The van der Waals surface area contributed by atoms with Crippen LogP contribution in [0.15, 0.2) is 71.9 Å².